The molecule has 1 fully saturated rings. The highest BCUT2D eigenvalue weighted by Crippen LogP contribution is 2.50. The Balaban J connectivity index is 1.50. The van der Waals surface area contributed by atoms with E-state index in [9.17, 15) is 18.0 Å². The first-order valence-electron chi connectivity index (χ1n) is 11.2. The highest BCUT2D eigenvalue weighted by molar-refractivity contribution is 9.10. The number of hydrogen-bond donors (Lipinski definition) is 0. The van der Waals surface area contributed by atoms with Gasteiger partial charge in [-0.1, -0.05) is 28.1 Å². The first-order chi connectivity index (χ1) is 16.6. The molecule has 1 saturated carbocycles. The Labute approximate surface area is 209 Å². The lowest BCUT2D eigenvalue weighted by atomic mass is 9.57. The second kappa shape index (κ2) is 8.58. The van der Waals surface area contributed by atoms with Gasteiger partial charge < -0.3 is 14.5 Å². The SMILES string of the molecule is CN=CC1CC(Cc2nncn2C)(c2cccc(N3Cc4c(cc(Br)cc4C(F)(F)F)C3=O)c2)C1. The highest BCUT2D eigenvalue weighted by atomic mass is 79.9. The van der Waals surface area contributed by atoms with E-state index in [4.69, 9.17) is 0 Å². The van der Waals surface area contributed by atoms with E-state index >= 15 is 0 Å². The third-order valence-electron chi connectivity index (χ3n) is 7.05. The van der Waals surface area contributed by atoms with Crippen LogP contribution in [-0.2, 0) is 31.6 Å². The van der Waals surface area contributed by atoms with E-state index in [-0.39, 0.29) is 27.6 Å². The quantitative estimate of drug-likeness (QED) is 0.406. The number of fused-ring (bicyclic) bond motifs is 1. The fourth-order valence-electron chi connectivity index (χ4n) is 5.35. The number of rotatable bonds is 5. The van der Waals surface area contributed by atoms with Crippen molar-refractivity contribution in [2.45, 2.75) is 37.4 Å². The molecule has 3 aromatic rings. The minimum absolute atomic E-state index is 0.00719. The van der Waals surface area contributed by atoms with Gasteiger partial charge in [-0.25, -0.2) is 0 Å². The monoisotopic (exact) mass is 545 g/mol. The Hall–Kier alpha value is -3.01. The zero-order valence-corrected chi connectivity index (χ0v) is 20.8. The molecule has 1 amide bonds. The van der Waals surface area contributed by atoms with Gasteiger partial charge >= 0.3 is 6.18 Å². The molecule has 0 N–H and O–H groups in total. The number of anilines is 1. The van der Waals surface area contributed by atoms with Gasteiger partial charge in [0.25, 0.3) is 5.91 Å². The van der Waals surface area contributed by atoms with Crippen LogP contribution in [0.15, 0.2) is 52.2 Å². The third-order valence-corrected chi connectivity index (χ3v) is 7.51. The van der Waals surface area contributed by atoms with E-state index in [2.05, 4.69) is 31.1 Å². The predicted molar refractivity (Wildman–Crippen MR) is 130 cm³/mol. The molecular formula is C25H23BrF3N5O. The van der Waals surface area contributed by atoms with Crippen molar-refractivity contribution in [2.75, 3.05) is 11.9 Å². The molecule has 1 aliphatic heterocycles. The van der Waals surface area contributed by atoms with E-state index in [1.165, 1.54) is 11.0 Å². The molecule has 0 unspecified atom stereocenters. The van der Waals surface area contributed by atoms with Crippen LogP contribution in [0.1, 0.15) is 45.7 Å². The van der Waals surface area contributed by atoms with Crippen LogP contribution in [0.5, 0.6) is 0 Å². The summed E-state index contributed by atoms with van der Waals surface area (Å²) in [4.78, 5) is 18.8. The summed E-state index contributed by atoms with van der Waals surface area (Å²) >= 11 is 3.12. The summed E-state index contributed by atoms with van der Waals surface area (Å²) < 4.78 is 43.2. The van der Waals surface area contributed by atoms with Gasteiger partial charge in [-0.3, -0.25) is 4.79 Å². The third kappa shape index (κ3) is 4.17. The Morgan fingerprint density at radius 2 is 2.03 bits per heavy atom. The average molecular weight is 546 g/mol. The van der Waals surface area contributed by atoms with Gasteiger partial charge in [0.2, 0.25) is 0 Å². The number of hydrogen-bond acceptors (Lipinski definition) is 4. The van der Waals surface area contributed by atoms with Crippen LogP contribution in [-0.4, -0.2) is 33.9 Å². The molecule has 6 nitrogen and oxygen atoms in total. The number of carbonyl (C=O) groups excluding carboxylic acids is 1. The Kier molecular flexibility index (Phi) is 5.82. The molecule has 5 rings (SSSR count). The van der Waals surface area contributed by atoms with Crippen LogP contribution in [0.3, 0.4) is 0 Å². The van der Waals surface area contributed by atoms with Crippen molar-refractivity contribution in [3.63, 3.8) is 0 Å². The number of aromatic nitrogens is 3. The summed E-state index contributed by atoms with van der Waals surface area (Å²) in [7, 11) is 3.66. The smallest absolute Gasteiger partial charge is 0.321 e. The van der Waals surface area contributed by atoms with Crippen molar-refractivity contribution in [3.8, 4) is 0 Å². The molecule has 2 aliphatic rings. The number of carbonyl (C=O) groups is 1. The topological polar surface area (TPSA) is 63.4 Å². The fraction of sp³-hybridized carbons (Fsp3) is 0.360. The first-order valence-corrected chi connectivity index (χ1v) is 12.0. The van der Waals surface area contributed by atoms with Gasteiger partial charge in [0.05, 0.1) is 12.1 Å². The van der Waals surface area contributed by atoms with Crippen molar-refractivity contribution in [1.82, 2.24) is 14.8 Å². The Bertz CT molecular complexity index is 1330. The maximum Gasteiger partial charge on any atom is 0.416 e. The lowest BCUT2D eigenvalue weighted by Crippen LogP contribution is -2.44. The van der Waals surface area contributed by atoms with Crippen LogP contribution in [0.2, 0.25) is 0 Å². The standard InChI is InChI=1S/C25H23BrF3N5O/c1-30-12-15-9-24(10-15,11-22-32-31-14-33(22)2)16-4-3-5-18(6-16)34-13-20-19(23(34)35)7-17(26)8-21(20)25(27,28)29/h3-8,12,14-15H,9-11,13H2,1-2H3. The Morgan fingerprint density at radius 3 is 2.69 bits per heavy atom. The number of halogens is 4. The summed E-state index contributed by atoms with van der Waals surface area (Å²) in [5.74, 6) is 0.753. The molecular weight excluding hydrogens is 523 g/mol. The van der Waals surface area contributed by atoms with E-state index in [1.54, 1.807) is 19.4 Å². The molecule has 35 heavy (non-hydrogen) atoms. The van der Waals surface area contributed by atoms with Crippen molar-refractivity contribution in [2.24, 2.45) is 18.0 Å². The van der Waals surface area contributed by atoms with Crippen LogP contribution in [0, 0.1) is 5.92 Å². The van der Waals surface area contributed by atoms with E-state index < -0.39 is 17.6 Å². The number of amides is 1. The number of alkyl halides is 3. The number of benzene rings is 2. The molecule has 0 atom stereocenters. The van der Waals surface area contributed by atoms with Gasteiger partial charge in [-0.05, 0) is 54.2 Å². The molecule has 0 spiro atoms. The van der Waals surface area contributed by atoms with Crippen molar-refractivity contribution >= 4 is 33.7 Å². The zero-order valence-electron chi connectivity index (χ0n) is 19.2. The molecule has 1 aliphatic carbocycles. The summed E-state index contributed by atoms with van der Waals surface area (Å²) in [6.45, 7) is -0.124. The minimum atomic E-state index is -4.55. The van der Waals surface area contributed by atoms with Gasteiger partial charge in [-0.2, -0.15) is 13.2 Å². The van der Waals surface area contributed by atoms with Gasteiger partial charge in [0.1, 0.15) is 12.2 Å². The van der Waals surface area contributed by atoms with Crippen LogP contribution >= 0.6 is 15.9 Å². The minimum Gasteiger partial charge on any atom is -0.321 e. The first kappa shape index (κ1) is 23.7. The highest BCUT2D eigenvalue weighted by Gasteiger charge is 2.46. The fourth-order valence-corrected chi connectivity index (χ4v) is 5.81. The van der Waals surface area contributed by atoms with Gasteiger partial charge in [-0.15, -0.1) is 10.2 Å². The van der Waals surface area contributed by atoms with Gasteiger partial charge in [0.15, 0.2) is 0 Å². The number of aryl methyl sites for hydroxylation is 1. The normalized spacial score (nSPS) is 22.1. The molecule has 0 bridgehead atoms. The second-order valence-electron chi connectivity index (χ2n) is 9.31. The maximum atomic E-state index is 13.7. The number of aliphatic imine (C=N–C) groups is 1. The summed E-state index contributed by atoms with van der Waals surface area (Å²) in [6.07, 6.45) is 1.46. The molecule has 0 saturated heterocycles. The zero-order chi connectivity index (χ0) is 25.0. The summed E-state index contributed by atoms with van der Waals surface area (Å²) in [5.41, 5.74) is 0.686. The Morgan fingerprint density at radius 1 is 1.26 bits per heavy atom. The van der Waals surface area contributed by atoms with Crippen LogP contribution in [0.4, 0.5) is 18.9 Å². The van der Waals surface area contributed by atoms with E-state index in [0.717, 1.165) is 30.3 Å². The molecule has 10 heteroatoms. The predicted octanol–water partition coefficient (Wildman–Crippen LogP) is 5.35. The van der Waals surface area contributed by atoms with E-state index in [1.807, 2.05) is 36.0 Å². The molecule has 2 heterocycles. The molecule has 1 aromatic heterocycles. The van der Waals surface area contributed by atoms with Crippen LogP contribution in [0.25, 0.3) is 0 Å². The maximum absolute atomic E-state index is 13.7. The van der Waals surface area contributed by atoms with Crippen LogP contribution < -0.4 is 4.90 Å². The van der Waals surface area contributed by atoms with Crippen molar-refractivity contribution in [3.05, 3.63) is 75.3 Å². The average Bonchev–Trinajstić information content (AvgIpc) is 3.33. The largest absolute Gasteiger partial charge is 0.416 e. The molecule has 0 radical (unpaired) electrons. The van der Waals surface area contributed by atoms with Crippen molar-refractivity contribution in [1.29, 1.82) is 0 Å². The molecule has 182 valence electrons. The van der Waals surface area contributed by atoms with Crippen molar-refractivity contribution < 1.29 is 18.0 Å². The summed E-state index contributed by atoms with van der Waals surface area (Å²) in [5, 5.41) is 8.26. The molecule has 2 aromatic carbocycles. The lowest BCUT2D eigenvalue weighted by Gasteiger charge is -2.47. The summed E-state index contributed by atoms with van der Waals surface area (Å²) in [6, 6.07) is 10.1. The lowest BCUT2D eigenvalue weighted by molar-refractivity contribution is -0.138. The number of nitrogens with zero attached hydrogens (tertiary/aromatic N) is 5. The van der Waals surface area contributed by atoms with Gasteiger partial charge in [0, 0.05) is 47.9 Å². The van der Waals surface area contributed by atoms with E-state index in [0.29, 0.717) is 18.0 Å². The second-order valence-corrected chi connectivity index (χ2v) is 10.2.